The smallest absolute Gasteiger partial charge is 0.269 e. The van der Waals surface area contributed by atoms with Gasteiger partial charge in [-0.15, -0.1) is 0 Å². The first-order chi connectivity index (χ1) is 11.4. The molecule has 0 fully saturated rings. The van der Waals surface area contributed by atoms with E-state index in [9.17, 15) is 9.18 Å². The van der Waals surface area contributed by atoms with E-state index in [0.29, 0.717) is 23.8 Å². The molecule has 0 saturated carbocycles. The topological polar surface area (TPSA) is 56.1 Å². The SMILES string of the molecule is Cc1cc(C(=O)NCc2cccc(OCCC(C)C)c2F)n(C)n1. The molecule has 1 heterocycles. The van der Waals surface area contributed by atoms with E-state index >= 15 is 0 Å². The number of halogens is 1. The quantitative estimate of drug-likeness (QED) is 0.846. The molecule has 0 saturated heterocycles. The third-order valence-electron chi connectivity index (χ3n) is 3.67. The summed E-state index contributed by atoms with van der Waals surface area (Å²) < 4.78 is 21.4. The zero-order valence-corrected chi connectivity index (χ0v) is 14.6. The van der Waals surface area contributed by atoms with E-state index in [1.165, 1.54) is 4.68 Å². The first kappa shape index (κ1) is 18.0. The largest absolute Gasteiger partial charge is 0.490 e. The molecule has 0 aliphatic heterocycles. The molecule has 0 radical (unpaired) electrons. The van der Waals surface area contributed by atoms with Crippen LogP contribution in [0.1, 0.15) is 42.0 Å². The number of rotatable bonds is 7. The summed E-state index contributed by atoms with van der Waals surface area (Å²) >= 11 is 0. The standard InChI is InChI=1S/C18H24FN3O2/c1-12(2)8-9-24-16-7-5-6-14(17(16)19)11-20-18(23)15-10-13(3)21-22(15)4/h5-7,10,12H,8-9,11H2,1-4H3,(H,20,23). The van der Waals surface area contributed by atoms with Crippen molar-refractivity contribution in [2.75, 3.05) is 6.61 Å². The van der Waals surface area contributed by atoms with E-state index in [2.05, 4.69) is 24.3 Å². The molecule has 5 nitrogen and oxygen atoms in total. The van der Waals surface area contributed by atoms with Crippen LogP contribution in [0.25, 0.3) is 0 Å². The molecule has 6 heteroatoms. The molecule has 0 bridgehead atoms. The van der Waals surface area contributed by atoms with Crippen LogP contribution in [0.3, 0.4) is 0 Å². The minimum absolute atomic E-state index is 0.0935. The third kappa shape index (κ3) is 4.57. The Kier molecular flexibility index (Phi) is 5.95. The fourth-order valence-corrected chi connectivity index (χ4v) is 2.30. The molecule has 2 aromatic rings. The summed E-state index contributed by atoms with van der Waals surface area (Å²) in [6.07, 6.45) is 0.861. The maximum atomic E-state index is 14.4. The summed E-state index contributed by atoms with van der Waals surface area (Å²) in [5.41, 5.74) is 1.59. The number of aryl methyl sites for hydroxylation is 2. The minimum atomic E-state index is -0.428. The van der Waals surface area contributed by atoms with Crippen molar-refractivity contribution in [3.63, 3.8) is 0 Å². The summed E-state index contributed by atoms with van der Waals surface area (Å²) in [6.45, 7) is 6.56. The van der Waals surface area contributed by atoms with Gasteiger partial charge in [0, 0.05) is 19.2 Å². The van der Waals surface area contributed by atoms with Crippen molar-refractivity contribution in [3.8, 4) is 5.75 Å². The Bertz CT molecular complexity index is 710. The molecular formula is C18H24FN3O2. The van der Waals surface area contributed by atoms with E-state index in [1.54, 1.807) is 31.3 Å². The summed E-state index contributed by atoms with van der Waals surface area (Å²) in [5.74, 6) is 0.00281. The number of nitrogens with zero attached hydrogens (tertiary/aromatic N) is 2. The van der Waals surface area contributed by atoms with Gasteiger partial charge < -0.3 is 10.1 Å². The van der Waals surface area contributed by atoms with Gasteiger partial charge in [-0.25, -0.2) is 4.39 Å². The Morgan fingerprint density at radius 2 is 2.17 bits per heavy atom. The number of carbonyl (C=O) groups excluding carboxylic acids is 1. The number of aromatic nitrogens is 2. The number of hydrogen-bond donors (Lipinski definition) is 1. The Labute approximate surface area is 141 Å². The van der Waals surface area contributed by atoms with Crippen LogP contribution in [0.2, 0.25) is 0 Å². The van der Waals surface area contributed by atoms with Crippen molar-refractivity contribution in [2.45, 2.75) is 33.7 Å². The van der Waals surface area contributed by atoms with Crippen molar-refractivity contribution >= 4 is 5.91 Å². The van der Waals surface area contributed by atoms with Gasteiger partial charge in [0.15, 0.2) is 11.6 Å². The molecule has 1 aromatic carbocycles. The molecule has 0 unspecified atom stereocenters. The van der Waals surface area contributed by atoms with E-state index in [4.69, 9.17) is 4.74 Å². The van der Waals surface area contributed by atoms with Crippen molar-refractivity contribution in [1.29, 1.82) is 0 Å². The lowest BCUT2D eigenvalue weighted by molar-refractivity contribution is 0.0941. The Hall–Kier alpha value is -2.37. The minimum Gasteiger partial charge on any atom is -0.490 e. The van der Waals surface area contributed by atoms with Crippen LogP contribution in [0.5, 0.6) is 5.75 Å². The predicted octanol–water partition coefficient (Wildman–Crippen LogP) is 3.22. The highest BCUT2D eigenvalue weighted by molar-refractivity contribution is 5.92. The lowest BCUT2D eigenvalue weighted by atomic mass is 10.1. The number of amides is 1. The van der Waals surface area contributed by atoms with Crippen molar-refractivity contribution in [2.24, 2.45) is 13.0 Å². The van der Waals surface area contributed by atoms with Crippen LogP contribution in [-0.2, 0) is 13.6 Å². The average molecular weight is 333 g/mol. The molecule has 130 valence electrons. The summed E-state index contributed by atoms with van der Waals surface area (Å²) in [6, 6.07) is 6.66. The van der Waals surface area contributed by atoms with Gasteiger partial charge in [-0.3, -0.25) is 9.48 Å². The first-order valence-corrected chi connectivity index (χ1v) is 8.07. The maximum Gasteiger partial charge on any atom is 0.269 e. The highest BCUT2D eigenvalue weighted by Gasteiger charge is 2.14. The van der Waals surface area contributed by atoms with Crippen LogP contribution in [0, 0.1) is 18.7 Å². The van der Waals surface area contributed by atoms with Crippen LogP contribution >= 0.6 is 0 Å². The van der Waals surface area contributed by atoms with Crippen LogP contribution in [-0.4, -0.2) is 22.3 Å². The van der Waals surface area contributed by atoms with Gasteiger partial charge in [0.2, 0.25) is 0 Å². The fraction of sp³-hybridized carbons (Fsp3) is 0.444. The highest BCUT2D eigenvalue weighted by atomic mass is 19.1. The van der Waals surface area contributed by atoms with Gasteiger partial charge in [-0.2, -0.15) is 5.10 Å². The molecule has 1 N–H and O–H groups in total. The first-order valence-electron chi connectivity index (χ1n) is 8.07. The fourth-order valence-electron chi connectivity index (χ4n) is 2.30. The Morgan fingerprint density at radius 1 is 1.42 bits per heavy atom. The lowest BCUT2D eigenvalue weighted by Crippen LogP contribution is -2.25. The third-order valence-corrected chi connectivity index (χ3v) is 3.67. The molecule has 0 aliphatic rings. The molecule has 0 spiro atoms. The molecule has 0 atom stereocenters. The van der Waals surface area contributed by atoms with Gasteiger partial charge >= 0.3 is 0 Å². The lowest BCUT2D eigenvalue weighted by Gasteiger charge is -2.12. The molecule has 1 aromatic heterocycles. The second-order valence-corrected chi connectivity index (χ2v) is 6.24. The van der Waals surface area contributed by atoms with Gasteiger partial charge in [0.25, 0.3) is 5.91 Å². The highest BCUT2D eigenvalue weighted by Crippen LogP contribution is 2.21. The molecular weight excluding hydrogens is 309 g/mol. The summed E-state index contributed by atoms with van der Waals surface area (Å²) in [4.78, 5) is 12.2. The average Bonchev–Trinajstić information content (AvgIpc) is 2.86. The summed E-state index contributed by atoms with van der Waals surface area (Å²) in [5, 5.41) is 6.84. The predicted molar refractivity (Wildman–Crippen MR) is 90.5 cm³/mol. The number of nitrogens with one attached hydrogen (secondary N) is 1. The molecule has 24 heavy (non-hydrogen) atoms. The van der Waals surface area contributed by atoms with Crippen molar-refractivity contribution < 1.29 is 13.9 Å². The number of benzene rings is 1. The van der Waals surface area contributed by atoms with Gasteiger partial charge in [-0.1, -0.05) is 26.0 Å². The summed E-state index contributed by atoms with van der Waals surface area (Å²) in [7, 11) is 1.70. The maximum absolute atomic E-state index is 14.4. The monoisotopic (exact) mass is 333 g/mol. The molecule has 2 rings (SSSR count). The van der Waals surface area contributed by atoms with E-state index in [1.807, 2.05) is 6.92 Å². The number of hydrogen-bond acceptors (Lipinski definition) is 3. The van der Waals surface area contributed by atoms with Crippen LogP contribution in [0.15, 0.2) is 24.3 Å². The second-order valence-electron chi connectivity index (χ2n) is 6.24. The van der Waals surface area contributed by atoms with Crippen molar-refractivity contribution in [1.82, 2.24) is 15.1 Å². The van der Waals surface area contributed by atoms with E-state index < -0.39 is 5.82 Å². The van der Waals surface area contributed by atoms with Gasteiger partial charge in [-0.05, 0) is 31.4 Å². The zero-order chi connectivity index (χ0) is 17.7. The number of ether oxygens (including phenoxy) is 1. The zero-order valence-electron chi connectivity index (χ0n) is 14.6. The second kappa shape index (κ2) is 7.95. The van der Waals surface area contributed by atoms with Gasteiger partial charge in [0.1, 0.15) is 5.69 Å². The van der Waals surface area contributed by atoms with E-state index in [0.717, 1.165) is 12.1 Å². The molecule has 0 aliphatic carbocycles. The van der Waals surface area contributed by atoms with Crippen LogP contribution < -0.4 is 10.1 Å². The molecule has 1 amide bonds. The normalized spacial score (nSPS) is 10.9. The van der Waals surface area contributed by atoms with Crippen molar-refractivity contribution in [3.05, 3.63) is 47.0 Å². The van der Waals surface area contributed by atoms with Gasteiger partial charge in [0.05, 0.1) is 12.3 Å². The Morgan fingerprint density at radius 3 is 2.79 bits per heavy atom. The van der Waals surface area contributed by atoms with E-state index in [-0.39, 0.29) is 18.2 Å². The van der Waals surface area contributed by atoms with Crippen LogP contribution in [0.4, 0.5) is 4.39 Å². The number of carbonyl (C=O) groups is 1. The Balaban J connectivity index is 1.99.